The molecule has 2 aromatic carbocycles. The van der Waals surface area contributed by atoms with Crippen LogP contribution in [0.15, 0.2) is 60.7 Å². The number of aromatic nitrogens is 2. The fraction of sp³-hybridized carbons (Fsp3) is 0.261. The zero-order chi connectivity index (χ0) is 21.8. The molecule has 2 N–H and O–H groups in total. The van der Waals surface area contributed by atoms with Crippen molar-refractivity contribution in [3.63, 3.8) is 0 Å². The van der Waals surface area contributed by atoms with Gasteiger partial charge in [0.25, 0.3) is 0 Å². The molecule has 0 spiro atoms. The van der Waals surface area contributed by atoms with E-state index in [1.165, 1.54) is 20.3 Å². The number of carboxylic acid groups (broad SMARTS) is 1. The Morgan fingerprint density at radius 2 is 1.68 bits per heavy atom. The summed E-state index contributed by atoms with van der Waals surface area (Å²) >= 11 is 0. The van der Waals surface area contributed by atoms with Crippen molar-refractivity contribution in [2.24, 2.45) is 0 Å². The van der Waals surface area contributed by atoms with Crippen LogP contribution in [-0.4, -0.2) is 47.9 Å². The van der Waals surface area contributed by atoms with Crippen molar-refractivity contribution in [3.05, 3.63) is 77.4 Å². The van der Waals surface area contributed by atoms with Gasteiger partial charge in [-0.2, -0.15) is 9.97 Å². The van der Waals surface area contributed by atoms with E-state index < -0.39 is 17.6 Å². The van der Waals surface area contributed by atoms with Gasteiger partial charge in [-0.15, -0.1) is 0 Å². The van der Waals surface area contributed by atoms with Crippen LogP contribution < -0.4 is 19.5 Å². The highest BCUT2D eigenvalue weighted by molar-refractivity contribution is 5.77. The number of nitrogens with zero attached hydrogens (tertiary/aromatic N) is 2. The first-order valence-electron chi connectivity index (χ1n) is 9.84. The molecular formula is C23H23N3O5. The van der Waals surface area contributed by atoms with Gasteiger partial charge in [-0.3, -0.25) is 5.32 Å². The number of benzene rings is 2. The molecule has 0 fully saturated rings. The molecule has 2 unspecified atom stereocenters. The monoisotopic (exact) mass is 421 g/mol. The zero-order valence-electron chi connectivity index (χ0n) is 17.2. The first-order valence-corrected chi connectivity index (χ1v) is 9.84. The number of hydrogen-bond donors (Lipinski definition) is 2. The van der Waals surface area contributed by atoms with Crippen LogP contribution in [0.1, 0.15) is 16.7 Å². The summed E-state index contributed by atoms with van der Waals surface area (Å²) in [6, 6.07) is 18.5. The summed E-state index contributed by atoms with van der Waals surface area (Å²) in [6.07, 6.45) is -0.589. The Hall–Kier alpha value is -3.65. The third kappa shape index (κ3) is 3.77. The number of methoxy groups -OCH3 is 2. The third-order valence-corrected chi connectivity index (χ3v) is 5.39. The number of carbonyl (C=O) groups is 1. The van der Waals surface area contributed by atoms with Crippen LogP contribution in [0.2, 0.25) is 0 Å². The highest BCUT2D eigenvalue weighted by Crippen LogP contribution is 2.39. The van der Waals surface area contributed by atoms with Crippen molar-refractivity contribution in [3.8, 4) is 17.8 Å². The van der Waals surface area contributed by atoms with Crippen molar-refractivity contribution in [2.75, 3.05) is 20.8 Å². The molecule has 2 heterocycles. The average molecular weight is 421 g/mol. The maximum Gasteiger partial charge on any atom is 0.347 e. The van der Waals surface area contributed by atoms with Crippen LogP contribution >= 0.6 is 0 Å². The molecule has 0 saturated heterocycles. The normalized spacial score (nSPS) is 18.5. The molecule has 0 bridgehead atoms. The molecule has 3 aromatic rings. The minimum Gasteiger partial charge on any atom is -0.481 e. The Labute approximate surface area is 179 Å². The van der Waals surface area contributed by atoms with Crippen LogP contribution in [0.25, 0.3) is 0 Å². The lowest BCUT2D eigenvalue weighted by atomic mass is 9.73. The van der Waals surface area contributed by atoms with Gasteiger partial charge in [-0.25, -0.2) is 4.79 Å². The molecule has 160 valence electrons. The van der Waals surface area contributed by atoms with Gasteiger partial charge in [0.05, 0.1) is 20.3 Å². The van der Waals surface area contributed by atoms with Gasteiger partial charge in [0.2, 0.25) is 17.9 Å². The lowest BCUT2D eigenvalue weighted by Crippen LogP contribution is -2.60. The largest absolute Gasteiger partial charge is 0.481 e. The van der Waals surface area contributed by atoms with Gasteiger partial charge in [0, 0.05) is 6.54 Å². The summed E-state index contributed by atoms with van der Waals surface area (Å²) in [5.41, 5.74) is 1.52. The molecule has 2 atom stereocenters. The molecular weight excluding hydrogens is 398 g/mol. The van der Waals surface area contributed by atoms with Crippen LogP contribution in [0.3, 0.4) is 0 Å². The van der Waals surface area contributed by atoms with Gasteiger partial charge >= 0.3 is 12.0 Å². The van der Waals surface area contributed by atoms with E-state index in [0.717, 1.165) is 23.1 Å². The van der Waals surface area contributed by atoms with Crippen molar-refractivity contribution < 1.29 is 24.1 Å². The number of aliphatic carboxylic acids is 1. The van der Waals surface area contributed by atoms with Crippen molar-refractivity contribution >= 4 is 5.97 Å². The maximum atomic E-state index is 12.6. The number of rotatable bonds is 7. The minimum atomic E-state index is -1.37. The van der Waals surface area contributed by atoms with Crippen LogP contribution in [-0.2, 0) is 16.8 Å². The first-order chi connectivity index (χ1) is 15.1. The summed E-state index contributed by atoms with van der Waals surface area (Å²) in [7, 11) is 2.90. The molecule has 8 heteroatoms. The van der Waals surface area contributed by atoms with Crippen LogP contribution in [0.5, 0.6) is 17.8 Å². The second-order valence-electron chi connectivity index (χ2n) is 7.08. The van der Waals surface area contributed by atoms with Gasteiger partial charge in [0.1, 0.15) is 5.54 Å². The molecule has 1 aliphatic rings. The van der Waals surface area contributed by atoms with Gasteiger partial charge in [-0.05, 0) is 23.1 Å². The van der Waals surface area contributed by atoms with E-state index in [4.69, 9.17) is 14.2 Å². The number of hydrogen-bond acceptors (Lipinski definition) is 7. The summed E-state index contributed by atoms with van der Waals surface area (Å²) in [6.45, 7) is 0.585. The maximum absolute atomic E-state index is 12.6. The van der Waals surface area contributed by atoms with E-state index in [2.05, 4.69) is 15.3 Å². The molecule has 4 rings (SSSR count). The van der Waals surface area contributed by atoms with E-state index >= 15 is 0 Å². The number of fused-ring (bicyclic) bond motifs is 1. The van der Waals surface area contributed by atoms with Crippen LogP contribution in [0.4, 0.5) is 0 Å². The van der Waals surface area contributed by atoms with Gasteiger partial charge in [0.15, 0.2) is 0 Å². The number of carboxylic acids is 1. The third-order valence-electron chi connectivity index (χ3n) is 5.39. The van der Waals surface area contributed by atoms with E-state index in [1.807, 2.05) is 54.6 Å². The Kier molecular flexibility index (Phi) is 5.73. The second-order valence-corrected chi connectivity index (χ2v) is 7.08. The Morgan fingerprint density at radius 3 is 2.32 bits per heavy atom. The summed E-state index contributed by atoms with van der Waals surface area (Å²) < 4.78 is 16.3. The molecule has 0 saturated carbocycles. The van der Waals surface area contributed by atoms with Gasteiger partial charge in [-0.1, -0.05) is 54.6 Å². The lowest BCUT2D eigenvalue weighted by molar-refractivity contribution is -0.149. The molecule has 0 aliphatic carbocycles. The Balaban J connectivity index is 1.89. The zero-order valence-corrected chi connectivity index (χ0v) is 17.2. The Morgan fingerprint density at radius 1 is 1.03 bits per heavy atom. The van der Waals surface area contributed by atoms with Gasteiger partial charge < -0.3 is 19.3 Å². The minimum absolute atomic E-state index is 0.149. The second kappa shape index (κ2) is 8.61. The first kappa shape index (κ1) is 20.6. The predicted molar refractivity (Wildman–Crippen MR) is 113 cm³/mol. The molecule has 1 aromatic heterocycles. The average Bonchev–Trinajstić information content (AvgIpc) is 2.82. The summed E-state index contributed by atoms with van der Waals surface area (Å²) in [5.74, 6) is -0.744. The van der Waals surface area contributed by atoms with E-state index in [0.29, 0.717) is 6.54 Å². The molecule has 1 aliphatic heterocycles. The molecule has 0 amide bonds. The van der Waals surface area contributed by atoms with Crippen molar-refractivity contribution in [1.29, 1.82) is 0 Å². The van der Waals surface area contributed by atoms with Crippen LogP contribution in [0, 0.1) is 0 Å². The SMILES string of the molecule is COc1cc(OC)nc(OC(C(=O)O)C2(c3ccccc3)NCCc3ccccc32)n1. The highest BCUT2D eigenvalue weighted by atomic mass is 16.5. The highest BCUT2D eigenvalue weighted by Gasteiger charge is 2.50. The number of ether oxygens (including phenoxy) is 3. The number of nitrogens with one attached hydrogen (secondary N) is 1. The molecule has 31 heavy (non-hydrogen) atoms. The van der Waals surface area contributed by atoms with E-state index in [9.17, 15) is 9.90 Å². The summed E-state index contributed by atoms with van der Waals surface area (Å²) in [4.78, 5) is 21.0. The standard InChI is InChI=1S/C23H23N3O5/c1-29-18-14-19(30-2)26-22(25-18)31-20(21(27)28)23(16-9-4-3-5-10-16)17-11-7-6-8-15(17)12-13-24-23/h3-11,14,20,24H,12-13H2,1-2H3,(H,27,28). The quantitative estimate of drug-likeness (QED) is 0.600. The fourth-order valence-corrected chi connectivity index (χ4v) is 4.03. The van der Waals surface area contributed by atoms with Crippen molar-refractivity contribution in [1.82, 2.24) is 15.3 Å². The topological polar surface area (TPSA) is 103 Å². The van der Waals surface area contributed by atoms with E-state index in [1.54, 1.807) is 0 Å². The lowest BCUT2D eigenvalue weighted by Gasteiger charge is -2.43. The molecule has 8 nitrogen and oxygen atoms in total. The smallest absolute Gasteiger partial charge is 0.347 e. The summed E-state index contributed by atoms with van der Waals surface area (Å²) in [5, 5.41) is 13.7. The van der Waals surface area contributed by atoms with Crippen molar-refractivity contribution in [2.45, 2.75) is 18.1 Å². The fourth-order valence-electron chi connectivity index (χ4n) is 4.03. The van der Waals surface area contributed by atoms with E-state index in [-0.39, 0.29) is 17.8 Å². The predicted octanol–water partition coefficient (Wildman–Crippen LogP) is 2.42. The molecule has 0 radical (unpaired) electrons. The Bertz CT molecular complexity index is 1050.